The first kappa shape index (κ1) is 19.7. The Morgan fingerprint density at radius 3 is 2.67 bits per heavy atom. The van der Waals surface area contributed by atoms with Crippen LogP contribution in [0.2, 0.25) is 0 Å². The van der Waals surface area contributed by atoms with Gasteiger partial charge in [0.15, 0.2) is 5.96 Å². The highest BCUT2D eigenvalue weighted by molar-refractivity contribution is 5.85. The van der Waals surface area contributed by atoms with Gasteiger partial charge in [0.1, 0.15) is 6.54 Å². The summed E-state index contributed by atoms with van der Waals surface area (Å²) in [5.41, 5.74) is 1.35. The molecule has 2 fully saturated rings. The van der Waals surface area contributed by atoms with Crippen LogP contribution in [0.1, 0.15) is 38.7 Å². The van der Waals surface area contributed by atoms with Gasteiger partial charge in [-0.1, -0.05) is 30.3 Å². The van der Waals surface area contributed by atoms with Crippen molar-refractivity contribution in [2.45, 2.75) is 51.7 Å². The molecular formula is C21H33N5O. The van der Waals surface area contributed by atoms with E-state index in [2.05, 4.69) is 64.7 Å². The van der Waals surface area contributed by atoms with Crippen molar-refractivity contribution in [3.8, 4) is 0 Å². The van der Waals surface area contributed by atoms with E-state index >= 15 is 0 Å². The van der Waals surface area contributed by atoms with Gasteiger partial charge in [-0.15, -0.1) is 0 Å². The number of nitrogens with zero attached hydrogens (tertiary/aromatic N) is 3. The van der Waals surface area contributed by atoms with E-state index in [1.54, 1.807) is 0 Å². The number of carbonyl (C=O) groups is 1. The van der Waals surface area contributed by atoms with Crippen molar-refractivity contribution in [2.75, 3.05) is 32.7 Å². The second-order valence-corrected chi connectivity index (χ2v) is 7.62. The molecule has 0 aliphatic carbocycles. The SMILES string of the molecule is CCNC(=NCC(=O)N1CCCC1)NC1CC(C)N(Cc2ccccc2)C1. The molecule has 2 saturated heterocycles. The van der Waals surface area contributed by atoms with Crippen molar-refractivity contribution in [1.82, 2.24) is 20.4 Å². The van der Waals surface area contributed by atoms with Crippen molar-refractivity contribution >= 4 is 11.9 Å². The van der Waals surface area contributed by atoms with Gasteiger partial charge in [0, 0.05) is 44.8 Å². The topological polar surface area (TPSA) is 60.0 Å². The van der Waals surface area contributed by atoms with Crippen LogP contribution in [0.25, 0.3) is 0 Å². The van der Waals surface area contributed by atoms with Gasteiger partial charge in [-0.3, -0.25) is 9.69 Å². The number of likely N-dealkylation sites (tertiary alicyclic amines) is 2. The summed E-state index contributed by atoms with van der Waals surface area (Å²) < 4.78 is 0. The first-order valence-electron chi connectivity index (χ1n) is 10.3. The van der Waals surface area contributed by atoms with Gasteiger partial charge in [0.2, 0.25) is 5.91 Å². The summed E-state index contributed by atoms with van der Waals surface area (Å²) >= 11 is 0. The van der Waals surface area contributed by atoms with Crippen LogP contribution in [-0.2, 0) is 11.3 Å². The van der Waals surface area contributed by atoms with Gasteiger partial charge >= 0.3 is 0 Å². The Balaban J connectivity index is 1.53. The number of guanidine groups is 1. The minimum Gasteiger partial charge on any atom is -0.357 e. The molecule has 6 heteroatoms. The Labute approximate surface area is 163 Å². The van der Waals surface area contributed by atoms with Gasteiger partial charge in [0.05, 0.1) is 0 Å². The average molecular weight is 372 g/mol. The summed E-state index contributed by atoms with van der Waals surface area (Å²) in [6.07, 6.45) is 3.31. The van der Waals surface area contributed by atoms with Gasteiger partial charge < -0.3 is 15.5 Å². The Bertz CT molecular complexity index is 627. The molecule has 0 radical (unpaired) electrons. The zero-order valence-corrected chi connectivity index (χ0v) is 16.7. The Hall–Kier alpha value is -2.08. The van der Waals surface area contributed by atoms with Crippen LogP contribution >= 0.6 is 0 Å². The van der Waals surface area contributed by atoms with Crippen molar-refractivity contribution in [3.63, 3.8) is 0 Å². The summed E-state index contributed by atoms with van der Waals surface area (Å²) in [6.45, 7) is 9.08. The van der Waals surface area contributed by atoms with Crippen molar-refractivity contribution in [3.05, 3.63) is 35.9 Å². The highest BCUT2D eigenvalue weighted by atomic mass is 16.2. The summed E-state index contributed by atoms with van der Waals surface area (Å²) in [5.74, 6) is 0.888. The third kappa shape index (κ3) is 5.70. The third-order valence-electron chi connectivity index (χ3n) is 5.45. The lowest BCUT2D eigenvalue weighted by atomic mass is 10.2. The molecule has 2 N–H and O–H groups in total. The number of aliphatic imine (C=N–C) groups is 1. The maximum absolute atomic E-state index is 12.3. The standard InChI is InChI=1S/C21H33N5O/c1-3-22-21(23-14-20(27)25-11-7-8-12-25)24-19-13-17(2)26(16-19)15-18-9-5-4-6-10-18/h4-6,9-10,17,19H,3,7-8,11-16H2,1-2H3,(H2,22,23,24). The molecular weight excluding hydrogens is 338 g/mol. The molecule has 3 rings (SSSR count). The van der Waals surface area contributed by atoms with Crippen LogP contribution in [0, 0.1) is 0 Å². The van der Waals surface area contributed by atoms with Crippen LogP contribution < -0.4 is 10.6 Å². The number of rotatable bonds is 6. The fraction of sp³-hybridized carbons (Fsp3) is 0.619. The van der Waals surface area contributed by atoms with E-state index < -0.39 is 0 Å². The maximum Gasteiger partial charge on any atom is 0.244 e. The molecule has 2 heterocycles. The maximum atomic E-state index is 12.3. The average Bonchev–Trinajstić information content (AvgIpc) is 3.31. The zero-order chi connectivity index (χ0) is 19.1. The van der Waals surface area contributed by atoms with E-state index in [1.165, 1.54) is 5.56 Å². The molecule has 148 valence electrons. The van der Waals surface area contributed by atoms with Gasteiger partial charge in [-0.25, -0.2) is 4.99 Å². The summed E-state index contributed by atoms with van der Waals surface area (Å²) in [5, 5.41) is 6.82. The van der Waals surface area contributed by atoms with Crippen LogP contribution in [-0.4, -0.2) is 66.5 Å². The number of amides is 1. The number of hydrogen-bond acceptors (Lipinski definition) is 3. The largest absolute Gasteiger partial charge is 0.357 e. The molecule has 2 unspecified atom stereocenters. The third-order valence-corrected chi connectivity index (χ3v) is 5.45. The zero-order valence-electron chi connectivity index (χ0n) is 16.7. The lowest BCUT2D eigenvalue weighted by Gasteiger charge is -2.21. The molecule has 0 saturated carbocycles. The van der Waals surface area contributed by atoms with Gasteiger partial charge in [-0.2, -0.15) is 0 Å². The molecule has 2 aliphatic rings. The molecule has 1 amide bonds. The van der Waals surface area contributed by atoms with Gasteiger partial charge in [-0.05, 0) is 38.7 Å². The van der Waals surface area contributed by atoms with E-state index in [0.29, 0.717) is 12.1 Å². The minimum atomic E-state index is 0.134. The quantitative estimate of drug-likeness (QED) is 0.592. The summed E-state index contributed by atoms with van der Waals surface area (Å²) in [4.78, 5) is 21.2. The Kier molecular flexibility index (Phi) is 7.10. The van der Waals surface area contributed by atoms with E-state index in [-0.39, 0.29) is 12.5 Å². The molecule has 27 heavy (non-hydrogen) atoms. The molecule has 2 atom stereocenters. The fourth-order valence-corrected chi connectivity index (χ4v) is 3.97. The van der Waals surface area contributed by atoms with Crippen molar-refractivity contribution in [1.29, 1.82) is 0 Å². The Morgan fingerprint density at radius 1 is 1.22 bits per heavy atom. The van der Waals surface area contributed by atoms with E-state index in [0.717, 1.165) is 57.9 Å². The summed E-state index contributed by atoms with van der Waals surface area (Å²) in [6, 6.07) is 11.5. The van der Waals surface area contributed by atoms with E-state index in [1.807, 2.05) is 4.90 Å². The smallest absolute Gasteiger partial charge is 0.244 e. The minimum absolute atomic E-state index is 0.134. The number of nitrogens with one attached hydrogen (secondary N) is 2. The molecule has 0 aromatic heterocycles. The van der Waals surface area contributed by atoms with Gasteiger partial charge in [0.25, 0.3) is 0 Å². The fourth-order valence-electron chi connectivity index (χ4n) is 3.97. The first-order chi connectivity index (χ1) is 13.2. The highest BCUT2D eigenvalue weighted by Crippen LogP contribution is 2.20. The lowest BCUT2D eigenvalue weighted by molar-refractivity contribution is -0.128. The number of carbonyl (C=O) groups excluding carboxylic acids is 1. The first-order valence-corrected chi connectivity index (χ1v) is 10.3. The van der Waals surface area contributed by atoms with Crippen LogP contribution in [0.15, 0.2) is 35.3 Å². The second kappa shape index (κ2) is 9.74. The normalized spacial score (nSPS) is 23.6. The van der Waals surface area contributed by atoms with Crippen LogP contribution in [0.5, 0.6) is 0 Å². The van der Waals surface area contributed by atoms with Crippen LogP contribution in [0.3, 0.4) is 0 Å². The molecule has 0 bridgehead atoms. The molecule has 0 spiro atoms. The monoisotopic (exact) mass is 371 g/mol. The van der Waals surface area contributed by atoms with Crippen molar-refractivity contribution < 1.29 is 4.79 Å². The van der Waals surface area contributed by atoms with Crippen LogP contribution in [0.4, 0.5) is 0 Å². The molecule has 2 aliphatic heterocycles. The number of hydrogen-bond donors (Lipinski definition) is 2. The molecule has 1 aromatic carbocycles. The predicted octanol–water partition coefficient (Wildman–Crippen LogP) is 1.83. The van der Waals surface area contributed by atoms with Crippen molar-refractivity contribution in [2.24, 2.45) is 4.99 Å². The molecule has 1 aromatic rings. The molecule has 6 nitrogen and oxygen atoms in total. The lowest BCUT2D eigenvalue weighted by Crippen LogP contribution is -2.45. The van der Waals surface area contributed by atoms with E-state index in [4.69, 9.17) is 0 Å². The predicted molar refractivity (Wildman–Crippen MR) is 110 cm³/mol. The second-order valence-electron chi connectivity index (χ2n) is 7.62. The Morgan fingerprint density at radius 2 is 1.96 bits per heavy atom. The highest BCUT2D eigenvalue weighted by Gasteiger charge is 2.29. The summed E-state index contributed by atoms with van der Waals surface area (Å²) in [7, 11) is 0. The number of benzene rings is 1. The van der Waals surface area contributed by atoms with E-state index in [9.17, 15) is 4.79 Å².